The first-order valence-electron chi connectivity index (χ1n) is 11.5. The standard InChI is InChI=1S/C27H37N3O3/c1-16-17(2)28-18(3)21(16)24(31)22-23(19-10-12-20(13-11-19)27(4,5)6)30(26(33)25(22)32)15-9-14-29(7)8/h10-13,23,28,31H,9,14-15H2,1-8H3/b24-22+. The SMILES string of the molecule is Cc1[nH]c(C)c(/C(O)=C2\C(=O)C(=O)N(CCCN(C)C)C2c2ccc(C(C)(C)C)cc2)c1C. The van der Waals surface area contributed by atoms with Gasteiger partial charge in [-0.2, -0.15) is 0 Å². The summed E-state index contributed by atoms with van der Waals surface area (Å²) >= 11 is 0. The van der Waals surface area contributed by atoms with Crippen LogP contribution in [0.25, 0.3) is 5.76 Å². The number of rotatable bonds is 6. The number of benzene rings is 1. The molecular weight excluding hydrogens is 414 g/mol. The molecule has 0 radical (unpaired) electrons. The van der Waals surface area contributed by atoms with E-state index in [4.69, 9.17) is 0 Å². The molecule has 1 atom stereocenters. The van der Waals surface area contributed by atoms with Gasteiger partial charge in [-0.05, 0) is 69.9 Å². The molecule has 1 amide bonds. The number of carbonyl (C=O) groups excluding carboxylic acids is 2. The van der Waals surface area contributed by atoms with Crippen LogP contribution in [0, 0.1) is 20.8 Å². The van der Waals surface area contributed by atoms with Crippen molar-refractivity contribution < 1.29 is 14.7 Å². The first kappa shape index (κ1) is 24.8. The number of aromatic nitrogens is 1. The van der Waals surface area contributed by atoms with Gasteiger partial charge in [0.15, 0.2) is 0 Å². The molecule has 6 nitrogen and oxygen atoms in total. The Balaban J connectivity index is 2.15. The van der Waals surface area contributed by atoms with Crippen LogP contribution in [-0.2, 0) is 15.0 Å². The third-order valence-corrected chi connectivity index (χ3v) is 6.56. The Bertz CT molecular complexity index is 1090. The molecule has 0 spiro atoms. The van der Waals surface area contributed by atoms with Crippen molar-refractivity contribution in [3.05, 3.63) is 63.5 Å². The van der Waals surface area contributed by atoms with Gasteiger partial charge in [0.1, 0.15) is 5.76 Å². The van der Waals surface area contributed by atoms with E-state index in [1.807, 2.05) is 59.1 Å². The number of Topliss-reactive ketones (excluding diaryl/α,β-unsaturated/α-hetero) is 1. The van der Waals surface area contributed by atoms with E-state index in [9.17, 15) is 14.7 Å². The molecule has 3 rings (SSSR count). The molecular formula is C27H37N3O3. The highest BCUT2D eigenvalue weighted by Gasteiger charge is 2.46. The molecule has 1 fully saturated rings. The minimum Gasteiger partial charge on any atom is -0.507 e. The summed E-state index contributed by atoms with van der Waals surface area (Å²) < 4.78 is 0. The van der Waals surface area contributed by atoms with Gasteiger partial charge in [-0.15, -0.1) is 0 Å². The average Bonchev–Trinajstić information content (AvgIpc) is 3.13. The lowest BCUT2D eigenvalue weighted by atomic mass is 9.85. The summed E-state index contributed by atoms with van der Waals surface area (Å²) in [6.07, 6.45) is 0.734. The van der Waals surface area contributed by atoms with Crippen LogP contribution in [0.5, 0.6) is 0 Å². The number of amides is 1. The van der Waals surface area contributed by atoms with Crippen LogP contribution in [0.4, 0.5) is 0 Å². The Labute approximate surface area is 197 Å². The molecule has 1 aliphatic heterocycles. The van der Waals surface area contributed by atoms with E-state index in [1.54, 1.807) is 4.90 Å². The number of aryl methyl sites for hydroxylation is 2. The van der Waals surface area contributed by atoms with E-state index >= 15 is 0 Å². The van der Waals surface area contributed by atoms with Crippen LogP contribution in [0.1, 0.15) is 66.9 Å². The lowest BCUT2D eigenvalue weighted by molar-refractivity contribution is -0.139. The zero-order valence-corrected chi connectivity index (χ0v) is 21.2. The lowest BCUT2D eigenvalue weighted by Crippen LogP contribution is -2.32. The Morgan fingerprint density at radius 3 is 2.15 bits per heavy atom. The molecule has 1 saturated heterocycles. The van der Waals surface area contributed by atoms with Crippen molar-refractivity contribution in [1.29, 1.82) is 0 Å². The number of hydrogen-bond acceptors (Lipinski definition) is 4. The molecule has 1 aromatic heterocycles. The van der Waals surface area contributed by atoms with Gasteiger partial charge in [0.25, 0.3) is 11.7 Å². The van der Waals surface area contributed by atoms with Gasteiger partial charge >= 0.3 is 0 Å². The maximum absolute atomic E-state index is 13.2. The fraction of sp³-hybridized carbons (Fsp3) is 0.481. The third kappa shape index (κ3) is 4.76. The van der Waals surface area contributed by atoms with Gasteiger partial charge < -0.3 is 19.9 Å². The highest BCUT2D eigenvalue weighted by molar-refractivity contribution is 6.46. The second kappa shape index (κ2) is 9.18. The third-order valence-electron chi connectivity index (χ3n) is 6.56. The minimum absolute atomic E-state index is 0.0110. The quantitative estimate of drug-likeness (QED) is 0.382. The van der Waals surface area contributed by atoms with Crippen LogP contribution in [0.15, 0.2) is 29.8 Å². The molecule has 0 aliphatic carbocycles. The lowest BCUT2D eigenvalue weighted by Gasteiger charge is -2.27. The van der Waals surface area contributed by atoms with Crippen molar-refractivity contribution in [1.82, 2.24) is 14.8 Å². The number of aliphatic hydroxyl groups excluding tert-OH is 1. The molecule has 0 saturated carbocycles. The summed E-state index contributed by atoms with van der Waals surface area (Å²) in [4.78, 5) is 33.3. The molecule has 1 aromatic carbocycles. The Hall–Kier alpha value is -2.86. The van der Waals surface area contributed by atoms with E-state index in [2.05, 4.69) is 30.7 Å². The van der Waals surface area contributed by atoms with Crippen LogP contribution >= 0.6 is 0 Å². The molecule has 0 bridgehead atoms. The van der Waals surface area contributed by atoms with Crippen LogP contribution in [0.3, 0.4) is 0 Å². The molecule has 2 aromatic rings. The predicted molar refractivity (Wildman–Crippen MR) is 132 cm³/mol. The number of nitrogens with zero attached hydrogens (tertiary/aromatic N) is 2. The summed E-state index contributed by atoms with van der Waals surface area (Å²) in [6.45, 7) is 13.4. The van der Waals surface area contributed by atoms with Gasteiger partial charge in [-0.1, -0.05) is 45.0 Å². The van der Waals surface area contributed by atoms with Crippen LogP contribution in [0.2, 0.25) is 0 Å². The van der Waals surface area contributed by atoms with Gasteiger partial charge in [0.05, 0.1) is 11.6 Å². The van der Waals surface area contributed by atoms with Crippen LogP contribution in [-0.4, -0.2) is 58.8 Å². The first-order chi connectivity index (χ1) is 15.3. The number of H-pyrrole nitrogens is 1. The van der Waals surface area contributed by atoms with Crippen molar-refractivity contribution in [2.45, 2.75) is 59.4 Å². The second-order valence-corrected chi connectivity index (χ2v) is 10.4. The number of nitrogens with one attached hydrogen (secondary N) is 1. The number of likely N-dealkylation sites (tertiary alicyclic amines) is 1. The number of carbonyl (C=O) groups is 2. The van der Waals surface area contributed by atoms with Gasteiger partial charge in [-0.3, -0.25) is 9.59 Å². The fourth-order valence-electron chi connectivity index (χ4n) is 4.58. The van der Waals surface area contributed by atoms with E-state index < -0.39 is 17.7 Å². The summed E-state index contributed by atoms with van der Waals surface area (Å²) in [6, 6.07) is 7.44. The Kier molecular flexibility index (Phi) is 6.89. The molecule has 2 N–H and O–H groups in total. The van der Waals surface area contributed by atoms with Crippen molar-refractivity contribution in [3.63, 3.8) is 0 Å². The number of hydrogen-bond donors (Lipinski definition) is 2. The maximum Gasteiger partial charge on any atom is 0.295 e. The summed E-state index contributed by atoms with van der Waals surface area (Å²) in [7, 11) is 3.97. The van der Waals surface area contributed by atoms with Crippen LogP contribution < -0.4 is 0 Å². The highest BCUT2D eigenvalue weighted by Crippen LogP contribution is 2.41. The summed E-state index contributed by atoms with van der Waals surface area (Å²) in [5.74, 6) is -1.28. The zero-order valence-electron chi connectivity index (χ0n) is 21.2. The number of aliphatic hydroxyl groups is 1. The number of ketones is 1. The molecule has 6 heteroatoms. The zero-order chi connectivity index (χ0) is 24.7. The first-order valence-corrected chi connectivity index (χ1v) is 11.5. The van der Waals surface area contributed by atoms with Crippen molar-refractivity contribution in [3.8, 4) is 0 Å². The van der Waals surface area contributed by atoms with Crippen molar-refractivity contribution in [2.24, 2.45) is 0 Å². The predicted octanol–water partition coefficient (Wildman–Crippen LogP) is 4.61. The number of aromatic amines is 1. The highest BCUT2D eigenvalue weighted by atomic mass is 16.3. The molecule has 33 heavy (non-hydrogen) atoms. The summed E-state index contributed by atoms with van der Waals surface area (Å²) in [5.41, 5.74) is 5.35. The van der Waals surface area contributed by atoms with E-state index in [1.165, 1.54) is 5.56 Å². The Morgan fingerprint density at radius 1 is 1.06 bits per heavy atom. The van der Waals surface area contributed by atoms with E-state index in [-0.39, 0.29) is 16.7 Å². The van der Waals surface area contributed by atoms with Crippen molar-refractivity contribution >= 4 is 17.4 Å². The second-order valence-electron chi connectivity index (χ2n) is 10.4. The van der Waals surface area contributed by atoms with E-state index in [0.717, 1.165) is 35.5 Å². The fourth-order valence-corrected chi connectivity index (χ4v) is 4.58. The van der Waals surface area contributed by atoms with Gasteiger partial charge in [0, 0.05) is 23.5 Å². The van der Waals surface area contributed by atoms with Gasteiger partial charge in [-0.25, -0.2) is 0 Å². The van der Waals surface area contributed by atoms with Crippen molar-refractivity contribution in [2.75, 3.05) is 27.2 Å². The molecule has 1 aliphatic rings. The topological polar surface area (TPSA) is 76.6 Å². The minimum atomic E-state index is -0.625. The smallest absolute Gasteiger partial charge is 0.295 e. The normalized spacial score (nSPS) is 18.6. The van der Waals surface area contributed by atoms with Gasteiger partial charge in [0.2, 0.25) is 0 Å². The molecule has 2 heterocycles. The Morgan fingerprint density at radius 2 is 1.67 bits per heavy atom. The molecule has 178 valence electrons. The maximum atomic E-state index is 13.2. The monoisotopic (exact) mass is 451 g/mol. The largest absolute Gasteiger partial charge is 0.507 e. The molecule has 1 unspecified atom stereocenters. The summed E-state index contributed by atoms with van der Waals surface area (Å²) in [5, 5.41) is 11.4. The van der Waals surface area contributed by atoms with E-state index in [0.29, 0.717) is 12.1 Å². The average molecular weight is 452 g/mol.